The summed E-state index contributed by atoms with van der Waals surface area (Å²) in [6, 6.07) is 8.69. The number of benzene rings is 1. The van der Waals surface area contributed by atoms with Crippen molar-refractivity contribution in [2.24, 2.45) is 17.3 Å². The number of carbonyl (C=O) groups is 1. The largest absolute Gasteiger partial charge is 0.493 e. The van der Waals surface area contributed by atoms with Gasteiger partial charge in [-0.2, -0.15) is 0 Å². The topological polar surface area (TPSA) is 76.7 Å². The lowest BCUT2D eigenvalue weighted by molar-refractivity contribution is -0.136. The monoisotopic (exact) mass is 398 g/mol. The first-order valence-electron chi connectivity index (χ1n) is 10.3. The molecule has 29 heavy (non-hydrogen) atoms. The van der Waals surface area contributed by atoms with E-state index in [1.165, 1.54) is 17.2 Å². The first-order valence-corrected chi connectivity index (χ1v) is 10.3. The highest BCUT2D eigenvalue weighted by molar-refractivity contribution is 5.77. The third-order valence-electron chi connectivity index (χ3n) is 6.76. The molecule has 1 aliphatic carbocycles. The van der Waals surface area contributed by atoms with Crippen molar-refractivity contribution in [1.82, 2.24) is 0 Å². The van der Waals surface area contributed by atoms with Crippen molar-refractivity contribution in [3.63, 3.8) is 0 Å². The van der Waals surface area contributed by atoms with Crippen LogP contribution < -0.4 is 10.4 Å². The lowest BCUT2D eigenvalue weighted by Gasteiger charge is -2.46. The van der Waals surface area contributed by atoms with Crippen LogP contribution in [0.25, 0.3) is 11.0 Å². The van der Waals surface area contributed by atoms with Gasteiger partial charge in [0.15, 0.2) is 0 Å². The summed E-state index contributed by atoms with van der Waals surface area (Å²) in [5.74, 6) is 0.873. The number of carboxylic acid groups (broad SMARTS) is 1. The van der Waals surface area contributed by atoms with Crippen molar-refractivity contribution in [2.75, 3.05) is 6.61 Å². The molecule has 1 aliphatic rings. The minimum atomic E-state index is -0.766. The Balaban J connectivity index is 1.87. The summed E-state index contributed by atoms with van der Waals surface area (Å²) in [7, 11) is 0. The maximum atomic E-state index is 11.5. The number of allylic oxidation sites excluding steroid dienone is 1. The average molecular weight is 398 g/mol. The summed E-state index contributed by atoms with van der Waals surface area (Å²) >= 11 is 0. The molecule has 2 aromatic rings. The zero-order valence-corrected chi connectivity index (χ0v) is 17.7. The van der Waals surface area contributed by atoms with Gasteiger partial charge in [-0.05, 0) is 56.2 Å². The molecule has 0 bridgehead atoms. The molecular formula is C24H30O5. The number of hydrogen-bond donors (Lipinski definition) is 1. The molecule has 156 valence electrons. The Morgan fingerprint density at radius 3 is 2.69 bits per heavy atom. The molecule has 0 saturated heterocycles. The second kappa shape index (κ2) is 8.44. The molecule has 1 N–H and O–H groups in total. The molecule has 1 aromatic carbocycles. The fourth-order valence-electron chi connectivity index (χ4n) is 4.54. The summed E-state index contributed by atoms with van der Waals surface area (Å²) in [5.41, 5.74) is 2.46. The van der Waals surface area contributed by atoms with Gasteiger partial charge in [0.05, 0.1) is 6.61 Å². The van der Waals surface area contributed by atoms with Crippen LogP contribution in [0.4, 0.5) is 0 Å². The molecule has 1 saturated carbocycles. The molecule has 5 nitrogen and oxygen atoms in total. The Bertz CT molecular complexity index is 986. The van der Waals surface area contributed by atoms with Gasteiger partial charge in [-0.15, -0.1) is 0 Å². The molecule has 0 aliphatic heterocycles. The quantitative estimate of drug-likeness (QED) is 0.519. The highest BCUT2D eigenvalue weighted by atomic mass is 16.5. The minimum absolute atomic E-state index is 0.153. The van der Waals surface area contributed by atoms with Crippen LogP contribution >= 0.6 is 0 Å². The second-order valence-electron chi connectivity index (χ2n) is 8.62. The normalized spacial score (nSPS) is 26.3. The lowest BCUT2D eigenvalue weighted by atomic mass is 9.60. The van der Waals surface area contributed by atoms with Crippen LogP contribution in [0.15, 0.2) is 50.7 Å². The van der Waals surface area contributed by atoms with Crippen LogP contribution in [0.5, 0.6) is 5.75 Å². The van der Waals surface area contributed by atoms with E-state index in [1.54, 1.807) is 12.1 Å². The van der Waals surface area contributed by atoms with Crippen molar-refractivity contribution in [3.8, 4) is 5.75 Å². The van der Waals surface area contributed by atoms with Gasteiger partial charge in [-0.25, -0.2) is 4.79 Å². The molecule has 1 heterocycles. The summed E-state index contributed by atoms with van der Waals surface area (Å²) in [6.07, 6.45) is 2.81. The third kappa shape index (κ3) is 4.55. The van der Waals surface area contributed by atoms with Gasteiger partial charge < -0.3 is 14.3 Å². The van der Waals surface area contributed by atoms with Crippen LogP contribution in [0.3, 0.4) is 0 Å². The van der Waals surface area contributed by atoms with E-state index in [-0.39, 0.29) is 17.5 Å². The van der Waals surface area contributed by atoms with E-state index >= 15 is 0 Å². The average Bonchev–Trinajstić information content (AvgIpc) is 2.68. The molecule has 3 atom stereocenters. The Morgan fingerprint density at radius 1 is 1.24 bits per heavy atom. The zero-order valence-electron chi connectivity index (χ0n) is 17.7. The van der Waals surface area contributed by atoms with E-state index < -0.39 is 5.97 Å². The van der Waals surface area contributed by atoms with E-state index in [0.29, 0.717) is 36.2 Å². The maximum absolute atomic E-state index is 11.5. The van der Waals surface area contributed by atoms with Crippen LogP contribution in [0, 0.1) is 17.3 Å². The standard InChI is InChI=1S/C24H30O5/c1-15-5-10-20(16(2)6-11-22(25)26)24(4,17(15)3)14-28-19-9-7-18-8-12-23(27)29-21(18)13-19/h7-9,12-13,15,17H,5-6,10-11,14H2,1-4H3,(H,25,26)/t15-,17+,24+/m1/s1. The van der Waals surface area contributed by atoms with Gasteiger partial charge in [-0.1, -0.05) is 31.9 Å². The summed E-state index contributed by atoms with van der Waals surface area (Å²) in [6.45, 7) is 9.33. The first kappa shape index (κ1) is 21.2. The summed E-state index contributed by atoms with van der Waals surface area (Å²) < 4.78 is 11.5. The van der Waals surface area contributed by atoms with Crippen LogP contribution in [-0.2, 0) is 4.79 Å². The van der Waals surface area contributed by atoms with Crippen molar-refractivity contribution >= 4 is 16.9 Å². The number of hydrogen-bond acceptors (Lipinski definition) is 4. The highest BCUT2D eigenvalue weighted by Crippen LogP contribution is 2.49. The number of aliphatic carboxylic acids is 1. The van der Waals surface area contributed by atoms with Crippen LogP contribution in [0.2, 0.25) is 0 Å². The zero-order chi connectivity index (χ0) is 21.2. The smallest absolute Gasteiger partial charge is 0.336 e. The molecule has 0 radical (unpaired) electrons. The van der Waals surface area contributed by atoms with Gasteiger partial charge >= 0.3 is 11.6 Å². The number of fused-ring (bicyclic) bond motifs is 1. The molecule has 0 unspecified atom stereocenters. The van der Waals surface area contributed by atoms with E-state index in [4.69, 9.17) is 14.3 Å². The van der Waals surface area contributed by atoms with Crippen molar-refractivity contribution in [3.05, 3.63) is 51.9 Å². The fourth-order valence-corrected chi connectivity index (χ4v) is 4.54. The fraction of sp³-hybridized carbons (Fsp3) is 0.500. The second-order valence-corrected chi connectivity index (χ2v) is 8.62. The summed E-state index contributed by atoms with van der Waals surface area (Å²) in [5, 5.41) is 9.92. The highest BCUT2D eigenvalue weighted by Gasteiger charge is 2.42. The van der Waals surface area contributed by atoms with Gasteiger partial charge in [0.2, 0.25) is 0 Å². The Morgan fingerprint density at radius 2 is 1.97 bits per heavy atom. The van der Waals surface area contributed by atoms with Crippen LogP contribution in [0.1, 0.15) is 53.4 Å². The van der Waals surface area contributed by atoms with E-state index in [1.807, 2.05) is 12.1 Å². The van der Waals surface area contributed by atoms with E-state index in [0.717, 1.165) is 18.2 Å². The lowest BCUT2D eigenvalue weighted by Crippen LogP contribution is -2.41. The van der Waals surface area contributed by atoms with Gasteiger partial charge in [-0.3, -0.25) is 4.79 Å². The Labute approximate surface area is 171 Å². The molecule has 1 fully saturated rings. The molecule has 1 aromatic heterocycles. The SMILES string of the molecule is CC(CCC(=O)O)=C1CC[C@@H](C)[C@H](C)[C@]1(C)COc1ccc2ccc(=O)oc2c1. The van der Waals surface area contributed by atoms with Crippen molar-refractivity contribution in [2.45, 2.75) is 53.4 Å². The van der Waals surface area contributed by atoms with Gasteiger partial charge in [0.1, 0.15) is 11.3 Å². The number of ether oxygens (including phenoxy) is 1. The Kier molecular flexibility index (Phi) is 6.15. The first-order chi connectivity index (χ1) is 13.7. The molecule has 5 heteroatoms. The van der Waals surface area contributed by atoms with Gasteiger partial charge in [0, 0.05) is 29.4 Å². The maximum Gasteiger partial charge on any atom is 0.336 e. The predicted octanol–water partition coefficient (Wildman–Crippen LogP) is 5.43. The molecule has 0 amide bonds. The Hall–Kier alpha value is -2.56. The minimum Gasteiger partial charge on any atom is -0.493 e. The van der Waals surface area contributed by atoms with Crippen molar-refractivity contribution < 1.29 is 19.1 Å². The van der Waals surface area contributed by atoms with Crippen molar-refractivity contribution in [1.29, 1.82) is 0 Å². The third-order valence-corrected chi connectivity index (χ3v) is 6.76. The van der Waals surface area contributed by atoms with E-state index in [2.05, 4.69) is 27.7 Å². The number of carboxylic acids is 1. The molecular weight excluding hydrogens is 368 g/mol. The molecule has 0 spiro atoms. The predicted molar refractivity (Wildman–Crippen MR) is 113 cm³/mol. The van der Waals surface area contributed by atoms with Crippen LogP contribution in [-0.4, -0.2) is 17.7 Å². The molecule has 3 rings (SSSR count). The summed E-state index contributed by atoms with van der Waals surface area (Å²) in [4.78, 5) is 22.5. The van der Waals surface area contributed by atoms with Gasteiger partial charge in [0.25, 0.3) is 0 Å². The number of rotatable bonds is 6. The van der Waals surface area contributed by atoms with E-state index in [9.17, 15) is 9.59 Å².